The van der Waals surface area contributed by atoms with Gasteiger partial charge < -0.3 is 10.4 Å². The Kier molecular flexibility index (Phi) is 4.29. The molecule has 90 valence electrons. The molecule has 1 aromatic carbocycles. The van der Waals surface area contributed by atoms with Crippen LogP contribution < -0.4 is 5.32 Å². The fraction of sp³-hybridized carbons (Fsp3) is 0.167. The molecule has 0 heterocycles. The lowest BCUT2D eigenvalue weighted by atomic mass is 10.1. The van der Waals surface area contributed by atoms with Crippen molar-refractivity contribution < 1.29 is 14.7 Å². The van der Waals surface area contributed by atoms with Gasteiger partial charge in [0.25, 0.3) is 5.91 Å². The third-order valence-electron chi connectivity index (χ3n) is 2.33. The number of anilines is 1. The second kappa shape index (κ2) is 5.50. The molecule has 0 aromatic heterocycles. The maximum Gasteiger partial charge on any atom is 0.331 e. The molecule has 5 heteroatoms. The lowest BCUT2D eigenvalue weighted by Crippen LogP contribution is -2.16. The minimum Gasteiger partial charge on any atom is -0.478 e. The normalized spacial score (nSPS) is 11.7. The maximum absolute atomic E-state index is 11.7. The number of rotatable bonds is 3. The smallest absolute Gasteiger partial charge is 0.331 e. The summed E-state index contributed by atoms with van der Waals surface area (Å²) in [6, 6.07) is 6.56. The van der Waals surface area contributed by atoms with Crippen molar-refractivity contribution in [3.05, 3.63) is 40.4 Å². The van der Waals surface area contributed by atoms with Crippen LogP contribution in [0.2, 0.25) is 5.02 Å². The van der Waals surface area contributed by atoms with Crippen molar-refractivity contribution >= 4 is 29.2 Å². The highest BCUT2D eigenvalue weighted by molar-refractivity contribution is 6.30. The highest BCUT2D eigenvalue weighted by Crippen LogP contribution is 2.15. The zero-order valence-electron chi connectivity index (χ0n) is 9.45. The summed E-state index contributed by atoms with van der Waals surface area (Å²) >= 11 is 5.70. The largest absolute Gasteiger partial charge is 0.478 e. The molecule has 0 radical (unpaired) electrons. The molecular weight excluding hydrogens is 242 g/mol. The molecule has 0 bridgehead atoms. The van der Waals surface area contributed by atoms with Gasteiger partial charge in [0.1, 0.15) is 0 Å². The molecule has 0 saturated carbocycles. The zero-order chi connectivity index (χ0) is 13.0. The molecule has 0 atom stereocenters. The van der Waals surface area contributed by atoms with Crippen LogP contribution in [0.5, 0.6) is 0 Å². The molecule has 1 rings (SSSR count). The Bertz CT molecular complexity index is 477. The highest BCUT2D eigenvalue weighted by atomic mass is 35.5. The molecular formula is C12H12ClNO3. The van der Waals surface area contributed by atoms with Gasteiger partial charge >= 0.3 is 5.97 Å². The standard InChI is InChI=1S/C12H12ClNO3/c1-7(8(2)12(16)17)11(15)14-10-5-3-9(13)4-6-10/h3-6H,1-2H3,(H,14,15)(H,16,17). The first kappa shape index (κ1) is 13.3. The lowest BCUT2D eigenvalue weighted by Gasteiger charge is -2.06. The van der Waals surface area contributed by atoms with Crippen LogP contribution in [-0.4, -0.2) is 17.0 Å². The van der Waals surface area contributed by atoms with E-state index in [-0.39, 0.29) is 11.1 Å². The lowest BCUT2D eigenvalue weighted by molar-refractivity contribution is -0.133. The number of carboxylic acid groups (broad SMARTS) is 1. The number of hydrogen-bond donors (Lipinski definition) is 2. The molecule has 0 unspecified atom stereocenters. The van der Waals surface area contributed by atoms with Crippen molar-refractivity contribution in [1.82, 2.24) is 0 Å². The first-order valence-corrected chi connectivity index (χ1v) is 5.27. The fourth-order valence-electron chi connectivity index (χ4n) is 1.09. The third-order valence-corrected chi connectivity index (χ3v) is 2.58. The molecule has 0 aliphatic carbocycles. The second-order valence-electron chi connectivity index (χ2n) is 3.52. The monoisotopic (exact) mass is 253 g/mol. The van der Waals surface area contributed by atoms with Crippen LogP contribution in [0.4, 0.5) is 5.69 Å². The van der Waals surface area contributed by atoms with E-state index < -0.39 is 11.9 Å². The summed E-state index contributed by atoms with van der Waals surface area (Å²) < 4.78 is 0. The van der Waals surface area contributed by atoms with Crippen LogP contribution in [0.15, 0.2) is 35.4 Å². The van der Waals surface area contributed by atoms with E-state index in [9.17, 15) is 9.59 Å². The molecule has 0 spiro atoms. The molecule has 2 N–H and O–H groups in total. The summed E-state index contributed by atoms with van der Waals surface area (Å²) in [4.78, 5) is 22.4. The number of carbonyl (C=O) groups excluding carboxylic acids is 1. The topological polar surface area (TPSA) is 66.4 Å². The van der Waals surface area contributed by atoms with Crippen LogP contribution in [0.1, 0.15) is 13.8 Å². The van der Waals surface area contributed by atoms with Gasteiger partial charge in [-0.05, 0) is 38.1 Å². The zero-order valence-corrected chi connectivity index (χ0v) is 10.2. The van der Waals surface area contributed by atoms with E-state index in [1.807, 2.05) is 0 Å². The minimum absolute atomic E-state index is 0.0245. The van der Waals surface area contributed by atoms with Crippen molar-refractivity contribution in [2.45, 2.75) is 13.8 Å². The Morgan fingerprint density at radius 1 is 1.12 bits per heavy atom. The van der Waals surface area contributed by atoms with Crippen LogP contribution in [0.3, 0.4) is 0 Å². The number of halogens is 1. The summed E-state index contributed by atoms with van der Waals surface area (Å²) in [5, 5.41) is 11.9. The van der Waals surface area contributed by atoms with Gasteiger partial charge in [-0.15, -0.1) is 0 Å². The summed E-state index contributed by atoms with van der Waals surface area (Å²) in [5.41, 5.74) is 0.765. The fourth-order valence-corrected chi connectivity index (χ4v) is 1.21. The molecule has 1 amide bonds. The Labute approximate surface area is 104 Å². The average Bonchev–Trinajstić information content (AvgIpc) is 2.30. The number of aliphatic carboxylic acids is 1. The van der Waals surface area contributed by atoms with Crippen molar-refractivity contribution in [1.29, 1.82) is 0 Å². The predicted octanol–water partition coefficient (Wildman–Crippen LogP) is 2.70. The van der Waals surface area contributed by atoms with E-state index in [0.29, 0.717) is 10.7 Å². The Morgan fingerprint density at radius 3 is 2.12 bits per heavy atom. The van der Waals surface area contributed by atoms with Gasteiger partial charge in [0.2, 0.25) is 0 Å². The molecule has 1 aromatic rings. The Hall–Kier alpha value is -1.81. The van der Waals surface area contributed by atoms with Gasteiger partial charge in [-0.2, -0.15) is 0 Å². The van der Waals surface area contributed by atoms with Gasteiger partial charge in [-0.1, -0.05) is 11.6 Å². The number of hydrogen-bond acceptors (Lipinski definition) is 2. The summed E-state index contributed by atoms with van der Waals surface area (Å²) in [6.07, 6.45) is 0. The van der Waals surface area contributed by atoms with Crippen LogP contribution in [-0.2, 0) is 9.59 Å². The van der Waals surface area contributed by atoms with Gasteiger partial charge in [0.15, 0.2) is 0 Å². The number of carbonyl (C=O) groups is 2. The van der Waals surface area contributed by atoms with E-state index in [4.69, 9.17) is 16.7 Å². The maximum atomic E-state index is 11.7. The Morgan fingerprint density at radius 2 is 1.65 bits per heavy atom. The highest BCUT2D eigenvalue weighted by Gasteiger charge is 2.12. The van der Waals surface area contributed by atoms with E-state index in [2.05, 4.69) is 5.32 Å². The van der Waals surface area contributed by atoms with Crippen molar-refractivity contribution in [2.75, 3.05) is 5.32 Å². The molecule has 0 fully saturated rings. The summed E-state index contributed by atoms with van der Waals surface area (Å²) in [7, 11) is 0. The first-order chi connectivity index (χ1) is 7.91. The number of nitrogens with one attached hydrogen (secondary N) is 1. The number of carboxylic acids is 1. The van der Waals surface area contributed by atoms with Crippen LogP contribution in [0.25, 0.3) is 0 Å². The SMILES string of the molecule is CC(C(=O)O)=C(C)C(=O)Nc1ccc(Cl)cc1. The minimum atomic E-state index is -1.10. The van der Waals surface area contributed by atoms with Gasteiger partial charge in [0.05, 0.1) is 0 Å². The second-order valence-corrected chi connectivity index (χ2v) is 3.95. The summed E-state index contributed by atoms with van der Waals surface area (Å²) in [5.74, 6) is -1.54. The van der Waals surface area contributed by atoms with Crippen LogP contribution in [0, 0.1) is 0 Å². The number of benzene rings is 1. The summed E-state index contributed by atoms with van der Waals surface area (Å²) in [6.45, 7) is 2.85. The van der Waals surface area contributed by atoms with Crippen molar-refractivity contribution in [3.8, 4) is 0 Å². The van der Waals surface area contributed by atoms with Crippen molar-refractivity contribution in [3.63, 3.8) is 0 Å². The first-order valence-electron chi connectivity index (χ1n) is 4.89. The van der Waals surface area contributed by atoms with Crippen LogP contribution >= 0.6 is 11.6 Å². The molecule has 4 nitrogen and oxygen atoms in total. The van der Waals surface area contributed by atoms with E-state index in [1.165, 1.54) is 13.8 Å². The van der Waals surface area contributed by atoms with Gasteiger partial charge in [0, 0.05) is 21.9 Å². The quantitative estimate of drug-likeness (QED) is 0.814. The predicted molar refractivity (Wildman–Crippen MR) is 66.1 cm³/mol. The van der Waals surface area contributed by atoms with E-state index >= 15 is 0 Å². The average molecular weight is 254 g/mol. The van der Waals surface area contributed by atoms with Gasteiger partial charge in [-0.25, -0.2) is 4.79 Å². The molecule has 0 aliphatic rings. The van der Waals surface area contributed by atoms with E-state index in [0.717, 1.165) is 0 Å². The van der Waals surface area contributed by atoms with Crippen molar-refractivity contribution in [2.24, 2.45) is 0 Å². The molecule has 17 heavy (non-hydrogen) atoms. The molecule has 0 saturated heterocycles. The van der Waals surface area contributed by atoms with E-state index in [1.54, 1.807) is 24.3 Å². The number of amides is 1. The molecule has 0 aliphatic heterocycles. The third kappa shape index (κ3) is 3.60. The van der Waals surface area contributed by atoms with Gasteiger partial charge in [-0.3, -0.25) is 4.79 Å². The Balaban J connectivity index is 2.83.